The van der Waals surface area contributed by atoms with Gasteiger partial charge in [-0.25, -0.2) is 9.78 Å². The molecular weight excluding hydrogens is 252 g/mol. The minimum atomic E-state index is -0.407. The van der Waals surface area contributed by atoms with Crippen LogP contribution < -0.4 is 5.32 Å². The van der Waals surface area contributed by atoms with E-state index < -0.39 is 5.97 Å². The molecule has 1 N–H and O–H groups in total. The predicted molar refractivity (Wildman–Crippen MR) is 82.0 cm³/mol. The van der Waals surface area contributed by atoms with Crippen LogP contribution in [0.2, 0.25) is 0 Å². The highest BCUT2D eigenvalue weighted by Crippen LogP contribution is 2.24. The summed E-state index contributed by atoms with van der Waals surface area (Å²) in [6, 6.07) is 3.60. The molecule has 0 spiro atoms. The van der Waals surface area contributed by atoms with Crippen molar-refractivity contribution in [2.45, 2.75) is 46.5 Å². The lowest BCUT2D eigenvalue weighted by atomic mass is 9.87. The largest absolute Gasteiger partial charge is 0.464 e. The summed E-state index contributed by atoms with van der Waals surface area (Å²) >= 11 is 0. The van der Waals surface area contributed by atoms with Crippen LogP contribution in [-0.2, 0) is 4.74 Å². The molecule has 1 aromatic rings. The number of hydrogen-bond donors (Lipinski definition) is 1. The molecule has 112 valence electrons. The molecule has 0 unspecified atom stereocenters. The van der Waals surface area contributed by atoms with Crippen molar-refractivity contribution in [1.82, 2.24) is 4.98 Å². The van der Waals surface area contributed by atoms with E-state index in [9.17, 15) is 4.79 Å². The van der Waals surface area contributed by atoms with E-state index in [0.29, 0.717) is 5.69 Å². The summed E-state index contributed by atoms with van der Waals surface area (Å²) in [5.41, 5.74) is 1.48. The number of nitrogens with zero attached hydrogens (tertiary/aromatic N) is 1. The fourth-order valence-electron chi connectivity index (χ4n) is 2.04. The third-order valence-corrected chi connectivity index (χ3v) is 3.38. The van der Waals surface area contributed by atoms with Crippen LogP contribution in [0.3, 0.4) is 0 Å². The van der Waals surface area contributed by atoms with E-state index in [2.05, 4.69) is 35.8 Å². The number of unbranched alkanes of at least 4 members (excludes halogenated alkanes) is 2. The maximum Gasteiger partial charge on any atom is 0.356 e. The molecule has 20 heavy (non-hydrogen) atoms. The summed E-state index contributed by atoms with van der Waals surface area (Å²) in [7, 11) is 1.36. The Morgan fingerprint density at radius 1 is 1.40 bits per heavy atom. The number of ether oxygens (including phenoxy) is 1. The molecule has 4 nitrogen and oxygen atoms in total. The summed E-state index contributed by atoms with van der Waals surface area (Å²) in [4.78, 5) is 15.4. The van der Waals surface area contributed by atoms with Gasteiger partial charge in [0.2, 0.25) is 0 Å². The van der Waals surface area contributed by atoms with Crippen LogP contribution in [0, 0.1) is 5.41 Å². The average Bonchev–Trinajstić information content (AvgIpc) is 2.45. The van der Waals surface area contributed by atoms with Crippen LogP contribution in [0.15, 0.2) is 18.3 Å². The molecule has 0 fully saturated rings. The van der Waals surface area contributed by atoms with Crippen LogP contribution in [0.4, 0.5) is 5.69 Å². The number of carbonyl (C=O) groups excluding carboxylic acids is 1. The number of nitrogens with one attached hydrogen (secondary N) is 1. The van der Waals surface area contributed by atoms with Crippen molar-refractivity contribution < 1.29 is 9.53 Å². The van der Waals surface area contributed by atoms with Gasteiger partial charge < -0.3 is 10.1 Å². The van der Waals surface area contributed by atoms with Crippen molar-refractivity contribution >= 4 is 11.7 Å². The highest BCUT2D eigenvalue weighted by Gasteiger charge is 2.17. The molecule has 1 heterocycles. The number of pyridine rings is 1. The lowest BCUT2D eigenvalue weighted by molar-refractivity contribution is 0.0594. The van der Waals surface area contributed by atoms with Gasteiger partial charge in [0.1, 0.15) is 5.69 Å². The van der Waals surface area contributed by atoms with Crippen molar-refractivity contribution in [1.29, 1.82) is 0 Å². The minimum absolute atomic E-state index is 0.240. The lowest BCUT2D eigenvalue weighted by Gasteiger charge is -2.25. The molecule has 0 atom stereocenters. The maximum atomic E-state index is 11.4. The topological polar surface area (TPSA) is 51.2 Å². The van der Waals surface area contributed by atoms with Gasteiger partial charge in [-0.2, -0.15) is 0 Å². The SMILES string of the molecule is CCCCCC(C)(C)CNc1ccnc(C(=O)OC)c1. The molecule has 0 aliphatic rings. The lowest BCUT2D eigenvalue weighted by Crippen LogP contribution is -2.23. The smallest absolute Gasteiger partial charge is 0.356 e. The number of anilines is 1. The Balaban J connectivity index is 2.54. The van der Waals surface area contributed by atoms with Gasteiger partial charge >= 0.3 is 5.97 Å². The standard InChI is InChI=1S/C16H26N2O2/c1-5-6-7-9-16(2,3)12-18-13-8-10-17-14(11-13)15(19)20-4/h8,10-11H,5-7,9,12H2,1-4H3,(H,17,18). The third kappa shape index (κ3) is 5.59. The van der Waals surface area contributed by atoms with E-state index in [-0.39, 0.29) is 5.41 Å². The summed E-state index contributed by atoms with van der Waals surface area (Å²) in [5, 5.41) is 3.38. The van der Waals surface area contributed by atoms with Crippen molar-refractivity contribution in [3.8, 4) is 0 Å². The quantitative estimate of drug-likeness (QED) is 0.579. The average molecular weight is 278 g/mol. The normalized spacial score (nSPS) is 11.2. The summed E-state index contributed by atoms with van der Waals surface area (Å²) in [6.45, 7) is 7.62. The number of aromatic nitrogens is 1. The van der Waals surface area contributed by atoms with Crippen LogP contribution in [0.25, 0.3) is 0 Å². The second-order valence-corrected chi connectivity index (χ2v) is 5.90. The van der Waals surface area contributed by atoms with Crippen LogP contribution in [0.1, 0.15) is 56.9 Å². The molecule has 1 aromatic heterocycles. The van der Waals surface area contributed by atoms with Crippen molar-refractivity contribution in [3.63, 3.8) is 0 Å². The number of carbonyl (C=O) groups is 1. The zero-order valence-corrected chi connectivity index (χ0v) is 13.0. The zero-order chi connectivity index (χ0) is 15.0. The first kappa shape index (κ1) is 16.5. The molecule has 0 saturated heterocycles. The number of hydrogen-bond acceptors (Lipinski definition) is 4. The first-order valence-corrected chi connectivity index (χ1v) is 7.27. The third-order valence-electron chi connectivity index (χ3n) is 3.38. The van der Waals surface area contributed by atoms with E-state index in [1.165, 1.54) is 32.8 Å². The summed E-state index contributed by atoms with van der Waals surface area (Å²) in [5.74, 6) is -0.407. The summed E-state index contributed by atoms with van der Waals surface area (Å²) in [6.07, 6.45) is 6.61. The Labute approximate surface area is 121 Å². The predicted octanol–water partition coefficient (Wildman–Crippen LogP) is 3.89. The number of rotatable bonds is 8. The minimum Gasteiger partial charge on any atom is -0.464 e. The number of esters is 1. The van der Waals surface area contributed by atoms with E-state index in [4.69, 9.17) is 0 Å². The Morgan fingerprint density at radius 2 is 2.15 bits per heavy atom. The first-order valence-electron chi connectivity index (χ1n) is 7.27. The Kier molecular flexibility index (Phi) is 6.49. The van der Waals surface area contributed by atoms with Crippen molar-refractivity contribution in [2.24, 2.45) is 5.41 Å². The molecular formula is C16H26N2O2. The molecule has 4 heteroatoms. The van der Waals surface area contributed by atoms with Crippen LogP contribution in [0.5, 0.6) is 0 Å². The second kappa shape index (κ2) is 7.88. The van der Waals surface area contributed by atoms with Gasteiger partial charge in [0.25, 0.3) is 0 Å². The fraction of sp³-hybridized carbons (Fsp3) is 0.625. The van der Waals surface area contributed by atoms with Crippen LogP contribution in [-0.4, -0.2) is 24.6 Å². The van der Waals surface area contributed by atoms with Gasteiger partial charge in [-0.15, -0.1) is 0 Å². The second-order valence-electron chi connectivity index (χ2n) is 5.90. The zero-order valence-electron chi connectivity index (χ0n) is 13.0. The van der Waals surface area contributed by atoms with Crippen molar-refractivity contribution in [2.75, 3.05) is 19.0 Å². The van der Waals surface area contributed by atoms with E-state index in [1.54, 1.807) is 12.3 Å². The molecule has 0 bridgehead atoms. The molecule has 0 aliphatic carbocycles. The van der Waals surface area contributed by atoms with Gasteiger partial charge in [-0.3, -0.25) is 0 Å². The van der Waals surface area contributed by atoms with Gasteiger partial charge in [0, 0.05) is 18.4 Å². The Morgan fingerprint density at radius 3 is 2.80 bits per heavy atom. The van der Waals surface area contributed by atoms with Gasteiger partial charge in [0.05, 0.1) is 7.11 Å². The fourth-order valence-corrected chi connectivity index (χ4v) is 2.04. The van der Waals surface area contributed by atoms with Crippen molar-refractivity contribution in [3.05, 3.63) is 24.0 Å². The van der Waals surface area contributed by atoms with Crippen LogP contribution >= 0.6 is 0 Å². The molecule has 0 aliphatic heterocycles. The van der Waals surface area contributed by atoms with Gasteiger partial charge in [-0.05, 0) is 24.0 Å². The maximum absolute atomic E-state index is 11.4. The van der Waals surface area contributed by atoms with Gasteiger partial charge in [0.15, 0.2) is 0 Å². The number of methoxy groups -OCH3 is 1. The molecule has 1 rings (SSSR count). The summed E-state index contributed by atoms with van der Waals surface area (Å²) < 4.78 is 4.67. The highest BCUT2D eigenvalue weighted by atomic mass is 16.5. The highest BCUT2D eigenvalue weighted by molar-refractivity contribution is 5.88. The Bertz CT molecular complexity index is 430. The molecule has 0 radical (unpaired) electrons. The Hall–Kier alpha value is -1.58. The molecule has 0 saturated carbocycles. The van der Waals surface area contributed by atoms with E-state index in [1.807, 2.05) is 6.07 Å². The first-order chi connectivity index (χ1) is 9.48. The van der Waals surface area contributed by atoms with Gasteiger partial charge in [-0.1, -0.05) is 40.0 Å². The van der Waals surface area contributed by atoms with E-state index >= 15 is 0 Å². The molecule has 0 aromatic carbocycles. The molecule has 0 amide bonds. The van der Waals surface area contributed by atoms with E-state index in [0.717, 1.165) is 12.2 Å². The monoisotopic (exact) mass is 278 g/mol.